The van der Waals surface area contributed by atoms with E-state index in [0.717, 1.165) is 29.9 Å². The van der Waals surface area contributed by atoms with Crippen molar-refractivity contribution in [3.05, 3.63) is 23.8 Å². The van der Waals surface area contributed by atoms with E-state index in [0.29, 0.717) is 18.9 Å². The summed E-state index contributed by atoms with van der Waals surface area (Å²) in [7, 11) is 5.27. The lowest BCUT2D eigenvalue weighted by Gasteiger charge is -2.27. The van der Waals surface area contributed by atoms with E-state index in [1.807, 2.05) is 30.1 Å². The van der Waals surface area contributed by atoms with Crippen LogP contribution in [0.2, 0.25) is 0 Å². The van der Waals surface area contributed by atoms with Crippen molar-refractivity contribution in [2.75, 3.05) is 21.3 Å². The van der Waals surface area contributed by atoms with Gasteiger partial charge in [0.2, 0.25) is 5.91 Å². The lowest BCUT2D eigenvalue weighted by atomic mass is 10.0. The fourth-order valence-electron chi connectivity index (χ4n) is 3.34. The molecule has 4 nitrogen and oxygen atoms in total. The standard InChI is InChI=1S/C19H29NO3/c1-20(16-8-6-4-5-7-9-16)19(21)13-10-15-14-17(22-2)11-12-18(15)23-3/h11-12,14,16H,4-10,13H2,1-3H3. The first-order valence-corrected chi connectivity index (χ1v) is 8.62. The smallest absolute Gasteiger partial charge is 0.222 e. The molecular weight excluding hydrogens is 290 g/mol. The minimum absolute atomic E-state index is 0.224. The summed E-state index contributed by atoms with van der Waals surface area (Å²) < 4.78 is 10.7. The van der Waals surface area contributed by atoms with E-state index in [1.54, 1.807) is 14.2 Å². The Bertz CT molecular complexity index is 507. The second-order valence-electron chi connectivity index (χ2n) is 6.33. The molecule has 0 bridgehead atoms. The van der Waals surface area contributed by atoms with Gasteiger partial charge in [-0.05, 0) is 43.0 Å². The van der Waals surface area contributed by atoms with Crippen LogP contribution >= 0.6 is 0 Å². The van der Waals surface area contributed by atoms with Gasteiger partial charge < -0.3 is 14.4 Å². The molecule has 1 saturated carbocycles. The van der Waals surface area contributed by atoms with Crippen molar-refractivity contribution in [1.29, 1.82) is 0 Å². The van der Waals surface area contributed by atoms with Crippen molar-refractivity contribution in [2.24, 2.45) is 0 Å². The Kier molecular flexibility index (Phi) is 6.75. The molecule has 2 rings (SSSR count). The van der Waals surface area contributed by atoms with Crippen LogP contribution in [0.15, 0.2) is 18.2 Å². The fraction of sp³-hybridized carbons (Fsp3) is 0.632. The number of nitrogens with zero attached hydrogens (tertiary/aromatic N) is 1. The average molecular weight is 319 g/mol. The van der Waals surface area contributed by atoms with E-state index in [2.05, 4.69) is 0 Å². The molecule has 4 heteroatoms. The molecule has 0 N–H and O–H groups in total. The summed E-state index contributed by atoms with van der Waals surface area (Å²) >= 11 is 0. The van der Waals surface area contributed by atoms with Crippen LogP contribution in [-0.4, -0.2) is 38.1 Å². The highest BCUT2D eigenvalue weighted by atomic mass is 16.5. The molecule has 0 saturated heterocycles. The van der Waals surface area contributed by atoms with Gasteiger partial charge in [0.25, 0.3) is 0 Å². The molecular formula is C19H29NO3. The van der Waals surface area contributed by atoms with Crippen LogP contribution in [0.5, 0.6) is 11.5 Å². The van der Waals surface area contributed by atoms with E-state index in [9.17, 15) is 4.79 Å². The zero-order valence-electron chi connectivity index (χ0n) is 14.6. The van der Waals surface area contributed by atoms with Crippen molar-refractivity contribution in [3.63, 3.8) is 0 Å². The second-order valence-corrected chi connectivity index (χ2v) is 6.33. The van der Waals surface area contributed by atoms with Gasteiger partial charge in [-0.25, -0.2) is 0 Å². The molecule has 1 aromatic rings. The molecule has 1 amide bonds. The third kappa shape index (κ3) is 4.88. The van der Waals surface area contributed by atoms with Gasteiger partial charge in [0.05, 0.1) is 14.2 Å². The molecule has 1 aliphatic carbocycles. The summed E-state index contributed by atoms with van der Waals surface area (Å²) in [5.74, 6) is 1.84. The lowest BCUT2D eigenvalue weighted by molar-refractivity contribution is -0.132. The predicted molar refractivity (Wildman–Crippen MR) is 92.1 cm³/mol. The Hall–Kier alpha value is -1.71. The normalized spacial score (nSPS) is 15.8. The highest BCUT2D eigenvalue weighted by molar-refractivity contribution is 5.76. The van der Waals surface area contributed by atoms with Gasteiger partial charge in [-0.3, -0.25) is 4.79 Å². The van der Waals surface area contributed by atoms with Crippen LogP contribution < -0.4 is 9.47 Å². The van der Waals surface area contributed by atoms with Gasteiger partial charge in [-0.2, -0.15) is 0 Å². The summed E-state index contributed by atoms with van der Waals surface area (Å²) in [5.41, 5.74) is 1.02. The molecule has 0 aliphatic heterocycles. The zero-order valence-corrected chi connectivity index (χ0v) is 14.6. The molecule has 1 fully saturated rings. The van der Waals surface area contributed by atoms with Crippen molar-refractivity contribution in [3.8, 4) is 11.5 Å². The minimum Gasteiger partial charge on any atom is -0.497 e. The molecule has 1 aromatic carbocycles. The first kappa shape index (κ1) is 17.6. The second kappa shape index (κ2) is 8.80. The van der Waals surface area contributed by atoms with E-state index >= 15 is 0 Å². The van der Waals surface area contributed by atoms with Crippen molar-refractivity contribution < 1.29 is 14.3 Å². The molecule has 0 spiro atoms. The Morgan fingerprint density at radius 2 is 1.83 bits per heavy atom. The van der Waals surface area contributed by atoms with E-state index in [-0.39, 0.29) is 5.91 Å². The average Bonchev–Trinajstić information content (AvgIpc) is 2.87. The van der Waals surface area contributed by atoms with Crippen LogP contribution in [0, 0.1) is 0 Å². The van der Waals surface area contributed by atoms with Gasteiger partial charge in [-0.1, -0.05) is 25.7 Å². The molecule has 128 valence electrons. The third-order valence-corrected chi connectivity index (χ3v) is 4.86. The number of amides is 1. The van der Waals surface area contributed by atoms with Gasteiger partial charge in [0.1, 0.15) is 11.5 Å². The summed E-state index contributed by atoms with van der Waals surface area (Å²) in [6, 6.07) is 6.14. The zero-order chi connectivity index (χ0) is 16.7. The molecule has 0 atom stereocenters. The Morgan fingerprint density at radius 1 is 1.13 bits per heavy atom. The van der Waals surface area contributed by atoms with E-state index in [4.69, 9.17) is 9.47 Å². The number of aryl methyl sites for hydroxylation is 1. The third-order valence-electron chi connectivity index (χ3n) is 4.86. The van der Waals surface area contributed by atoms with Crippen LogP contribution in [0.4, 0.5) is 0 Å². The van der Waals surface area contributed by atoms with E-state index < -0.39 is 0 Å². The molecule has 23 heavy (non-hydrogen) atoms. The van der Waals surface area contributed by atoms with Gasteiger partial charge in [0.15, 0.2) is 0 Å². The highest BCUT2D eigenvalue weighted by Gasteiger charge is 2.21. The summed E-state index contributed by atoms with van der Waals surface area (Å²) in [4.78, 5) is 14.5. The van der Waals surface area contributed by atoms with Gasteiger partial charge in [0, 0.05) is 19.5 Å². The number of carbonyl (C=O) groups is 1. The summed E-state index contributed by atoms with van der Waals surface area (Å²) in [5, 5.41) is 0. The van der Waals surface area contributed by atoms with Gasteiger partial charge in [-0.15, -0.1) is 0 Å². The quantitative estimate of drug-likeness (QED) is 0.748. The number of hydrogen-bond donors (Lipinski definition) is 0. The van der Waals surface area contributed by atoms with Crippen LogP contribution in [0.1, 0.15) is 50.5 Å². The number of carbonyl (C=O) groups excluding carboxylic acids is 1. The molecule has 0 radical (unpaired) electrons. The minimum atomic E-state index is 0.224. The first-order valence-electron chi connectivity index (χ1n) is 8.62. The van der Waals surface area contributed by atoms with Crippen molar-refractivity contribution in [2.45, 2.75) is 57.4 Å². The summed E-state index contributed by atoms with van der Waals surface area (Å²) in [6.45, 7) is 0. The monoisotopic (exact) mass is 319 g/mol. The number of ether oxygens (including phenoxy) is 2. The van der Waals surface area contributed by atoms with Crippen LogP contribution in [0.25, 0.3) is 0 Å². The molecule has 0 aromatic heterocycles. The van der Waals surface area contributed by atoms with Crippen LogP contribution in [-0.2, 0) is 11.2 Å². The highest BCUT2D eigenvalue weighted by Crippen LogP contribution is 2.26. The SMILES string of the molecule is COc1ccc(OC)c(CCC(=O)N(C)C2CCCCCC2)c1. The molecule has 1 aliphatic rings. The van der Waals surface area contributed by atoms with E-state index in [1.165, 1.54) is 25.7 Å². The maximum Gasteiger partial charge on any atom is 0.222 e. The lowest BCUT2D eigenvalue weighted by Crippen LogP contribution is -2.36. The van der Waals surface area contributed by atoms with Crippen molar-refractivity contribution in [1.82, 2.24) is 4.90 Å². The number of rotatable bonds is 6. The Labute approximate surface area is 139 Å². The fourth-order valence-corrected chi connectivity index (χ4v) is 3.34. The predicted octanol–water partition coefficient (Wildman–Crippen LogP) is 3.82. The topological polar surface area (TPSA) is 38.8 Å². The van der Waals surface area contributed by atoms with Gasteiger partial charge >= 0.3 is 0 Å². The number of methoxy groups -OCH3 is 2. The van der Waals surface area contributed by atoms with Crippen molar-refractivity contribution >= 4 is 5.91 Å². The number of hydrogen-bond acceptors (Lipinski definition) is 3. The van der Waals surface area contributed by atoms with Crippen LogP contribution in [0.3, 0.4) is 0 Å². The first-order chi connectivity index (χ1) is 11.2. The Balaban J connectivity index is 1.95. The molecule has 0 heterocycles. The summed E-state index contributed by atoms with van der Waals surface area (Å²) in [6.07, 6.45) is 8.57. The maximum absolute atomic E-state index is 12.5. The molecule has 0 unspecified atom stereocenters. The Morgan fingerprint density at radius 3 is 2.43 bits per heavy atom. The number of benzene rings is 1. The largest absolute Gasteiger partial charge is 0.497 e. The maximum atomic E-state index is 12.5.